The molecule has 1 aliphatic carbocycles. The van der Waals surface area contributed by atoms with Crippen LogP contribution in [0.3, 0.4) is 0 Å². The molecule has 0 bridgehead atoms. The minimum absolute atomic E-state index is 0.0784. The number of carbonyl (C=O) groups is 3. The van der Waals surface area contributed by atoms with E-state index in [1.54, 1.807) is 35.2 Å². The van der Waals surface area contributed by atoms with Crippen LogP contribution in [0.15, 0.2) is 42.5 Å². The van der Waals surface area contributed by atoms with E-state index >= 15 is 0 Å². The van der Waals surface area contributed by atoms with Gasteiger partial charge >= 0.3 is 0 Å². The Morgan fingerprint density at radius 3 is 2.26 bits per heavy atom. The summed E-state index contributed by atoms with van der Waals surface area (Å²) in [5.74, 6) is 0.0706. The van der Waals surface area contributed by atoms with Gasteiger partial charge in [-0.3, -0.25) is 14.4 Å². The molecule has 180 valence electrons. The number of rotatable bonds is 7. The summed E-state index contributed by atoms with van der Waals surface area (Å²) in [7, 11) is 0. The number of amides is 3. The van der Waals surface area contributed by atoms with Crippen LogP contribution in [0.2, 0.25) is 5.02 Å². The Morgan fingerprint density at radius 1 is 0.971 bits per heavy atom. The molecule has 0 spiro atoms. The molecule has 0 aromatic heterocycles. The minimum Gasteiger partial charge on any atom is -0.367 e. The number of hydrogen-bond donors (Lipinski definition) is 1. The van der Waals surface area contributed by atoms with Crippen LogP contribution in [0, 0.1) is 5.92 Å². The monoisotopic (exact) mass is 482 g/mol. The Kier molecular flexibility index (Phi) is 7.41. The van der Waals surface area contributed by atoms with Gasteiger partial charge in [0.2, 0.25) is 5.91 Å². The third-order valence-electron chi connectivity index (χ3n) is 6.51. The summed E-state index contributed by atoms with van der Waals surface area (Å²) in [6, 6.07) is 12.3. The lowest BCUT2D eigenvalue weighted by Crippen LogP contribution is -2.49. The van der Waals surface area contributed by atoms with E-state index in [2.05, 4.69) is 10.2 Å². The highest BCUT2D eigenvalue weighted by atomic mass is 35.5. The molecule has 3 amide bonds. The molecule has 0 unspecified atom stereocenters. The topological polar surface area (TPSA) is 73.0 Å². The molecular weight excluding hydrogens is 452 g/mol. The van der Waals surface area contributed by atoms with Gasteiger partial charge < -0.3 is 20.0 Å². The molecule has 1 aliphatic heterocycles. The summed E-state index contributed by atoms with van der Waals surface area (Å²) in [6.45, 7) is 7.73. The first-order valence-electron chi connectivity index (χ1n) is 12.0. The summed E-state index contributed by atoms with van der Waals surface area (Å²) < 4.78 is 0. The van der Waals surface area contributed by atoms with Crippen LogP contribution in [0.4, 0.5) is 11.4 Å². The average molecular weight is 483 g/mol. The van der Waals surface area contributed by atoms with Crippen molar-refractivity contribution in [2.24, 2.45) is 5.92 Å². The number of benzene rings is 2. The molecule has 1 heterocycles. The van der Waals surface area contributed by atoms with Gasteiger partial charge in [-0.05, 0) is 57.0 Å². The highest BCUT2D eigenvalue weighted by Gasteiger charge is 2.35. The second kappa shape index (κ2) is 10.5. The third-order valence-corrected chi connectivity index (χ3v) is 6.84. The molecule has 8 heteroatoms. The van der Waals surface area contributed by atoms with Crippen LogP contribution in [-0.4, -0.2) is 66.8 Å². The Morgan fingerprint density at radius 2 is 1.65 bits per heavy atom. The zero-order valence-corrected chi connectivity index (χ0v) is 20.5. The van der Waals surface area contributed by atoms with E-state index in [9.17, 15) is 14.4 Å². The first-order valence-corrected chi connectivity index (χ1v) is 12.3. The van der Waals surface area contributed by atoms with Gasteiger partial charge in [0, 0.05) is 56.6 Å². The second-order valence-electron chi connectivity index (χ2n) is 8.73. The standard InChI is InChI=1S/C26H31ClN4O3/c1-3-29(4-2)26(34)21-17-19(28-24(32)20-7-5-6-8-22(20)27)11-12-23(21)30-13-15-31(16-14-30)25(33)18-9-10-18/h5-8,11-12,17-18H,3-4,9-10,13-16H2,1-2H3,(H,28,32). The summed E-state index contributed by atoms with van der Waals surface area (Å²) in [5.41, 5.74) is 2.28. The smallest absolute Gasteiger partial charge is 0.257 e. The van der Waals surface area contributed by atoms with Crippen molar-refractivity contribution in [2.75, 3.05) is 49.5 Å². The van der Waals surface area contributed by atoms with Crippen molar-refractivity contribution in [3.63, 3.8) is 0 Å². The number of piperazine rings is 1. The van der Waals surface area contributed by atoms with Gasteiger partial charge in [0.25, 0.3) is 11.8 Å². The van der Waals surface area contributed by atoms with Gasteiger partial charge in [-0.1, -0.05) is 23.7 Å². The highest BCUT2D eigenvalue weighted by molar-refractivity contribution is 6.34. The lowest BCUT2D eigenvalue weighted by Gasteiger charge is -2.37. The molecule has 1 saturated heterocycles. The normalized spacial score (nSPS) is 15.7. The number of anilines is 2. The first kappa shape index (κ1) is 24.1. The second-order valence-corrected chi connectivity index (χ2v) is 9.14. The molecule has 2 fully saturated rings. The summed E-state index contributed by atoms with van der Waals surface area (Å²) in [4.78, 5) is 44.5. The molecule has 2 aromatic rings. The van der Waals surface area contributed by atoms with E-state index in [4.69, 9.17) is 11.6 Å². The zero-order valence-electron chi connectivity index (χ0n) is 19.7. The molecule has 7 nitrogen and oxygen atoms in total. The SMILES string of the molecule is CCN(CC)C(=O)c1cc(NC(=O)c2ccccc2Cl)ccc1N1CCN(C(=O)C2CC2)CC1. The van der Waals surface area contributed by atoms with E-state index in [1.165, 1.54) is 0 Å². The Hall–Kier alpha value is -3.06. The number of hydrogen-bond acceptors (Lipinski definition) is 4. The number of carbonyl (C=O) groups excluding carboxylic acids is 3. The molecule has 34 heavy (non-hydrogen) atoms. The fourth-order valence-electron chi connectivity index (χ4n) is 4.34. The number of halogens is 1. The maximum Gasteiger partial charge on any atom is 0.257 e. The third kappa shape index (κ3) is 5.20. The minimum atomic E-state index is -0.327. The van der Waals surface area contributed by atoms with E-state index < -0.39 is 0 Å². The van der Waals surface area contributed by atoms with Crippen molar-refractivity contribution >= 4 is 40.7 Å². The Labute approximate surface area is 205 Å². The Balaban J connectivity index is 1.57. The van der Waals surface area contributed by atoms with Crippen molar-refractivity contribution in [2.45, 2.75) is 26.7 Å². The lowest BCUT2D eigenvalue weighted by atomic mass is 10.1. The van der Waals surface area contributed by atoms with E-state index in [-0.39, 0.29) is 23.6 Å². The quantitative estimate of drug-likeness (QED) is 0.644. The van der Waals surface area contributed by atoms with Crippen molar-refractivity contribution in [1.29, 1.82) is 0 Å². The van der Waals surface area contributed by atoms with Crippen LogP contribution < -0.4 is 10.2 Å². The molecule has 1 saturated carbocycles. The number of nitrogens with zero attached hydrogens (tertiary/aromatic N) is 3. The summed E-state index contributed by atoms with van der Waals surface area (Å²) in [5, 5.41) is 3.25. The predicted octanol–water partition coefficient (Wildman–Crippen LogP) is 4.13. The van der Waals surface area contributed by atoms with Gasteiger partial charge in [-0.15, -0.1) is 0 Å². The van der Waals surface area contributed by atoms with Gasteiger partial charge in [0.15, 0.2) is 0 Å². The van der Waals surface area contributed by atoms with E-state index in [0.29, 0.717) is 61.1 Å². The van der Waals surface area contributed by atoms with Crippen LogP contribution in [0.5, 0.6) is 0 Å². The maximum absolute atomic E-state index is 13.4. The zero-order chi connectivity index (χ0) is 24.2. The lowest BCUT2D eigenvalue weighted by molar-refractivity contribution is -0.132. The van der Waals surface area contributed by atoms with Gasteiger partial charge in [0.1, 0.15) is 0 Å². The summed E-state index contributed by atoms with van der Waals surface area (Å²) >= 11 is 6.17. The van der Waals surface area contributed by atoms with Crippen molar-refractivity contribution < 1.29 is 14.4 Å². The van der Waals surface area contributed by atoms with Crippen LogP contribution in [0.25, 0.3) is 0 Å². The fraction of sp³-hybridized carbons (Fsp3) is 0.423. The van der Waals surface area contributed by atoms with Crippen LogP contribution in [-0.2, 0) is 4.79 Å². The molecule has 2 aromatic carbocycles. The molecule has 2 aliphatic rings. The molecule has 0 atom stereocenters. The summed E-state index contributed by atoms with van der Waals surface area (Å²) in [6.07, 6.45) is 2.01. The first-order chi connectivity index (χ1) is 16.4. The predicted molar refractivity (Wildman–Crippen MR) is 135 cm³/mol. The van der Waals surface area contributed by atoms with E-state index in [0.717, 1.165) is 18.5 Å². The van der Waals surface area contributed by atoms with Crippen LogP contribution >= 0.6 is 11.6 Å². The van der Waals surface area contributed by atoms with Gasteiger partial charge in [-0.2, -0.15) is 0 Å². The fourth-order valence-corrected chi connectivity index (χ4v) is 4.56. The molecule has 4 rings (SSSR count). The molecule has 0 radical (unpaired) electrons. The van der Waals surface area contributed by atoms with Crippen molar-refractivity contribution in [3.8, 4) is 0 Å². The highest BCUT2D eigenvalue weighted by Crippen LogP contribution is 2.32. The Bertz CT molecular complexity index is 1070. The van der Waals surface area contributed by atoms with Gasteiger partial charge in [-0.25, -0.2) is 0 Å². The largest absolute Gasteiger partial charge is 0.367 e. The molecular formula is C26H31ClN4O3. The molecule has 1 N–H and O–H groups in total. The number of nitrogens with one attached hydrogen (secondary N) is 1. The van der Waals surface area contributed by atoms with Crippen molar-refractivity contribution in [1.82, 2.24) is 9.80 Å². The van der Waals surface area contributed by atoms with Crippen molar-refractivity contribution in [3.05, 3.63) is 58.6 Å². The van der Waals surface area contributed by atoms with E-state index in [1.807, 2.05) is 30.9 Å². The van der Waals surface area contributed by atoms with Crippen LogP contribution in [0.1, 0.15) is 47.4 Å². The average Bonchev–Trinajstić information content (AvgIpc) is 3.70. The van der Waals surface area contributed by atoms with Gasteiger partial charge in [0.05, 0.1) is 16.1 Å². The maximum atomic E-state index is 13.4.